The first-order chi connectivity index (χ1) is 15.0. The molecule has 0 radical (unpaired) electrons. The molecule has 0 aliphatic rings. The standard InChI is InChI=1S/C20H10BrCl2F4N3OS/c1-30-19(28-18(29-30)13-11(22)3-2-4-12(13)24)17-15(23)14(21)16(32-17)9-5-7-10(8-6-9)31-20(25,26)27/h2-8H,1H3. The number of nitrogens with zero attached hydrogens (tertiary/aromatic N) is 3. The van der Waals surface area contributed by atoms with E-state index in [9.17, 15) is 17.6 Å². The molecule has 0 aliphatic carbocycles. The van der Waals surface area contributed by atoms with Crippen molar-refractivity contribution >= 4 is 50.5 Å². The van der Waals surface area contributed by atoms with Gasteiger partial charge in [0.2, 0.25) is 0 Å². The minimum atomic E-state index is -4.77. The Labute approximate surface area is 201 Å². The summed E-state index contributed by atoms with van der Waals surface area (Å²) in [5, 5.41) is 4.77. The second-order valence-electron chi connectivity index (χ2n) is 6.44. The first-order valence-electron chi connectivity index (χ1n) is 8.75. The zero-order valence-electron chi connectivity index (χ0n) is 15.8. The maximum atomic E-state index is 14.3. The number of hydrogen-bond acceptors (Lipinski definition) is 4. The van der Waals surface area contributed by atoms with E-state index < -0.39 is 12.2 Å². The fourth-order valence-corrected chi connectivity index (χ4v) is 5.44. The molecule has 0 aliphatic heterocycles. The largest absolute Gasteiger partial charge is 0.573 e. The zero-order valence-corrected chi connectivity index (χ0v) is 19.8. The molecule has 0 fully saturated rings. The van der Waals surface area contributed by atoms with Crippen molar-refractivity contribution in [2.24, 2.45) is 7.05 Å². The van der Waals surface area contributed by atoms with Gasteiger partial charge in [-0.3, -0.25) is 0 Å². The van der Waals surface area contributed by atoms with Gasteiger partial charge in [-0.25, -0.2) is 14.1 Å². The van der Waals surface area contributed by atoms with Gasteiger partial charge in [0.1, 0.15) is 11.6 Å². The summed E-state index contributed by atoms with van der Waals surface area (Å²) in [5.74, 6) is -0.422. The second kappa shape index (κ2) is 8.66. The Morgan fingerprint density at radius 3 is 2.38 bits per heavy atom. The third-order valence-corrected chi connectivity index (χ3v) is 7.62. The van der Waals surface area contributed by atoms with Crippen LogP contribution < -0.4 is 4.74 Å². The van der Waals surface area contributed by atoms with Crippen molar-refractivity contribution in [2.45, 2.75) is 6.36 Å². The predicted molar refractivity (Wildman–Crippen MR) is 120 cm³/mol. The molecule has 0 unspecified atom stereocenters. The van der Waals surface area contributed by atoms with Crippen LogP contribution in [0.3, 0.4) is 0 Å². The molecule has 2 aromatic heterocycles. The molecule has 0 amide bonds. The van der Waals surface area contributed by atoms with Crippen molar-refractivity contribution < 1.29 is 22.3 Å². The maximum absolute atomic E-state index is 14.3. The van der Waals surface area contributed by atoms with Crippen molar-refractivity contribution in [3.8, 4) is 38.3 Å². The van der Waals surface area contributed by atoms with Gasteiger partial charge in [-0.15, -0.1) is 24.5 Å². The molecule has 4 nitrogen and oxygen atoms in total. The molecule has 0 saturated carbocycles. The molecule has 4 rings (SSSR count). The number of ether oxygens (including phenoxy) is 1. The summed E-state index contributed by atoms with van der Waals surface area (Å²) in [6.45, 7) is 0. The molecule has 0 atom stereocenters. The SMILES string of the molecule is Cn1nc(-c2c(F)cccc2Cl)nc1-c1sc(-c2ccc(OC(F)(F)F)cc2)c(Br)c1Cl. The van der Waals surface area contributed by atoms with Gasteiger partial charge in [-0.05, 0) is 57.9 Å². The van der Waals surface area contributed by atoms with Gasteiger partial charge in [0.15, 0.2) is 11.6 Å². The first kappa shape index (κ1) is 23.0. The van der Waals surface area contributed by atoms with Crippen molar-refractivity contribution in [3.63, 3.8) is 0 Å². The first-order valence-corrected chi connectivity index (χ1v) is 11.1. The second-order valence-corrected chi connectivity index (χ2v) is 9.04. The van der Waals surface area contributed by atoms with Gasteiger partial charge in [0.05, 0.1) is 29.8 Å². The van der Waals surface area contributed by atoms with Gasteiger partial charge in [-0.1, -0.05) is 29.3 Å². The average Bonchev–Trinajstić information content (AvgIpc) is 3.21. The van der Waals surface area contributed by atoms with Crippen LogP contribution in [0.1, 0.15) is 0 Å². The molecular formula is C20H10BrCl2F4N3OS. The van der Waals surface area contributed by atoms with Crippen LogP contribution in [0.4, 0.5) is 17.6 Å². The third-order valence-electron chi connectivity index (χ3n) is 4.30. The lowest BCUT2D eigenvalue weighted by Crippen LogP contribution is -2.16. The van der Waals surface area contributed by atoms with Gasteiger partial charge in [-0.2, -0.15) is 5.10 Å². The minimum Gasteiger partial charge on any atom is -0.406 e. The minimum absolute atomic E-state index is 0.0724. The van der Waals surface area contributed by atoms with E-state index in [0.29, 0.717) is 30.6 Å². The number of benzene rings is 2. The quantitative estimate of drug-likeness (QED) is 0.235. The van der Waals surface area contributed by atoms with Crippen molar-refractivity contribution in [1.29, 1.82) is 0 Å². The Hall–Kier alpha value is -2.14. The van der Waals surface area contributed by atoms with Crippen LogP contribution in [-0.4, -0.2) is 21.1 Å². The van der Waals surface area contributed by atoms with E-state index in [1.807, 2.05) is 0 Å². The van der Waals surface area contributed by atoms with Gasteiger partial charge < -0.3 is 4.74 Å². The highest BCUT2D eigenvalue weighted by molar-refractivity contribution is 9.10. The number of aryl methyl sites for hydroxylation is 1. The summed E-state index contributed by atoms with van der Waals surface area (Å²) >= 11 is 17.3. The van der Waals surface area contributed by atoms with Crippen LogP contribution in [-0.2, 0) is 7.05 Å². The summed E-state index contributed by atoms with van der Waals surface area (Å²) in [6, 6.07) is 9.67. The van der Waals surface area contributed by atoms with Gasteiger partial charge >= 0.3 is 6.36 Å². The van der Waals surface area contributed by atoms with E-state index in [1.54, 1.807) is 7.05 Å². The van der Waals surface area contributed by atoms with E-state index in [4.69, 9.17) is 23.2 Å². The van der Waals surface area contributed by atoms with Crippen LogP contribution in [0.2, 0.25) is 10.0 Å². The van der Waals surface area contributed by atoms with E-state index in [0.717, 1.165) is 0 Å². The molecule has 32 heavy (non-hydrogen) atoms. The Morgan fingerprint density at radius 2 is 1.75 bits per heavy atom. The fraction of sp³-hybridized carbons (Fsp3) is 0.100. The molecule has 0 N–H and O–H groups in total. The number of rotatable bonds is 4. The lowest BCUT2D eigenvalue weighted by atomic mass is 10.2. The Bertz CT molecular complexity index is 1290. The van der Waals surface area contributed by atoms with Crippen LogP contribution in [0.25, 0.3) is 32.5 Å². The van der Waals surface area contributed by atoms with E-state index >= 15 is 0 Å². The van der Waals surface area contributed by atoms with Gasteiger partial charge in [0.25, 0.3) is 0 Å². The van der Waals surface area contributed by atoms with E-state index in [1.165, 1.54) is 58.5 Å². The highest BCUT2D eigenvalue weighted by Gasteiger charge is 2.31. The Balaban J connectivity index is 1.73. The predicted octanol–water partition coefficient (Wildman–Crippen LogP) is 7.98. The van der Waals surface area contributed by atoms with Crippen LogP contribution in [0.15, 0.2) is 46.9 Å². The smallest absolute Gasteiger partial charge is 0.406 e. The zero-order chi connectivity index (χ0) is 23.2. The lowest BCUT2D eigenvalue weighted by molar-refractivity contribution is -0.274. The van der Waals surface area contributed by atoms with Crippen LogP contribution in [0.5, 0.6) is 5.75 Å². The van der Waals surface area contributed by atoms with Crippen LogP contribution >= 0.6 is 50.5 Å². The summed E-state index contributed by atoms with van der Waals surface area (Å²) in [4.78, 5) is 5.63. The average molecular weight is 567 g/mol. The number of thiophene rings is 1. The lowest BCUT2D eigenvalue weighted by Gasteiger charge is -2.09. The highest BCUT2D eigenvalue weighted by Crippen LogP contribution is 2.48. The Morgan fingerprint density at radius 1 is 1.06 bits per heavy atom. The molecular weight excluding hydrogens is 557 g/mol. The molecule has 2 aromatic carbocycles. The van der Waals surface area contributed by atoms with Crippen molar-refractivity contribution in [2.75, 3.05) is 0 Å². The van der Waals surface area contributed by atoms with Gasteiger partial charge in [0, 0.05) is 7.05 Å². The number of aromatic nitrogens is 3. The van der Waals surface area contributed by atoms with Crippen molar-refractivity contribution in [3.05, 3.63) is 62.8 Å². The van der Waals surface area contributed by atoms with E-state index in [-0.39, 0.29) is 22.2 Å². The molecule has 0 saturated heterocycles. The molecule has 0 bridgehead atoms. The number of alkyl halides is 3. The normalized spacial score (nSPS) is 11.8. The third kappa shape index (κ3) is 4.50. The topological polar surface area (TPSA) is 39.9 Å². The molecule has 2 heterocycles. The highest BCUT2D eigenvalue weighted by atomic mass is 79.9. The van der Waals surface area contributed by atoms with Crippen LogP contribution in [0, 0.1) is 5.82 Å². The molecule has 0 spiro atoms. The number of hydrogen-bond donors (Lipinski definition) is 0. The summed E-state index contributed by atoms with van der Waals surface area (Å²) in [5.41, 5.74) is 0.687. The molecule has 166 valence electrons. The van der Waals surface area contributed by atoms with Crippen molar-refractivity contribution in [1.82, 2.24) is 14.8 Å². The summed E-state index contributed by atoms with van der Waals surface area (Å²) < 4.78 is 57.4. The fourth-order valence-electron chi connectivity index (χ4n) is 2.93. The molecule has 12 heteroatoms. The van der Waals surface area contributed by atoms with E-state index in [2.05, 4.69) is 30.7 Å². The Kier molecular flexibility index (Phi) is 6.23. The molecule has 4 aromatic rings. The number of halogens is 7. The summed E-state index contributed by atoms with van der Waals surface area (Å²) in [7, 11) is 1.63. The maximum Gasteiger partial charge on any atom is 0.573 e. The summed E-state index contributed by atoms with van der Waals surface area (Å²) in [6.07, 6.45) is -4.77. The monoisotopic (exact) mass is 565 g/mol.